The zero-order valence-corrected chi connectivity index (χ0v) is 13.6. The number of rotatable bonds is 5. The van der Waals surface area contributed by atoms with Crippen LogP contribution in [-0.4, -0.2) is 27.2 Å². The Morgan fingerprint density at radius 1 is 1.17 bits per heavy atom. The number of phenols is 1. The van der Waals surface area contributed by atoms with Crippen molar-refractivity contribution in [3.63, 3.8) is 0 Å². The van der Waals surface area contributed by atoms with Crippen molar-refractivity contribution in [1.29, 1.82) is 0 Å². The number of methoxy groups -OCH3 is 1. The Hall–Kier alpha value is -2.51. The second-order valence-electron chi connectivity index (χ2n) is 4.89. The summed E-state index contributed by atoms with van der Waals surface area (Å²) in [5.41, 5.74) is 2.55. The summed E-state index contributed by atoms with van der Waals surface area (Å²) in [7, 11) is 1.65. The van der Waals surface area contributed by atoms with Gasteiger partial charge in [-0.2, -0.15) is 0 Å². The highest BCUT2D eigenvalue weighted by atomic mass is 32.1. The molecule has 0 spiro atoms. The predicted molar refractivity (Wildman–Crippen MR) is 90.0 cm³/mol. The highest BCUT2D eigenvalue weighted by Crippen LogP contribution is 2.29. The van der Waals surface area contributed by atoms with Gasteiger partial charge in [0.2, 0.25) is 5.95 Å². The zero-order chi connectivity index (χ0) is 16.2. The first kappa shape index (κ1) is 15.4. The molecule has 0 unspecified atom stereocenters. The normalized spacial score (nSPS) is 10.7. The van der Waals surface area contributed by atoms with Crippen LogP contribution in [-0.2, 0) is 11.3 Å². The Morgan fingerprint density at radius 2 is 1.96 bits per heavy atom. The number of aromatic hydroxyl groups is 1. The molecular weight excluding hydrogens is 312 g/mol. The van der Waals surface area contributed by atoms with Crippen LogP contribution in [0.25, 0.3) is 10.6 Å². The van der Waals surface area contributed by atoms with Crippen molar-refractivity contribution in [3.8, 4) is 16.3 Å². The Morgan fingerprint density at radius 3 is 2.70 bits per heavy atom. The van der Waals surface area contributed by atoms with Crippen molar-refractivity contribution in [2.45, 2.75) is 13.5 Å². The van der Waals surface area contributed by atoms with Crippen LogP contribution < -0.4 is 5.32 Å². The number of hydrogen-bond donors (Lipinski definition) is 2. The number of nitrogens with one attached hydrogen (secondary N) is 1. The van der Waals surface area contributed by atoms with E-state index in [-0.39, 0.29) is 5.75 Å². The van der Waals surface area contributed by atoms with E-state index in [1.807, 2.05) is 13.0 Å². The predicted octanol–water partition coefficient (Wildman–Crippen LogP) is 3.50. The minimum absolute atomic E-state index is 0.219. The van der Waals surface area contributed by atoms with Gasteiger partial charge in [0.25, 0.3) is 0 Å². The van der Waals surface area contributed by atoms with Crippen molar-refractivity contribution in [3.05, 3.63) is 47.2 Å². The van der Waals surface area contributed by atoms with Gasteiger partial charge in [0.15, 0.2) is 0 Å². The molecule has 0 amide bonds. The summed E-state index contributed by atoms with van der Waals surface area (Å²) in [5, 5.41) is 13.4. The van der Waals surface area contributed by atoms with Crippen LogP contribution in [0.1, 0.15) is 10.7 Å². The molecule has 2 aromatic heterocycles. The standard InChI is InChI=1S/C16H16N4O2S/c1-10-15(23-14(18-10)9-22-2)13-7-8-17-16(20-13)19-11-3-5-12(21)6-4-11/h3-8,21H,9H2,1-2H3,(H,17,19,20). The molecule has 2 N–H and O–H groups in total. The van der Waals surface area contributed by atoms with Crippen LogP contribution in [0.4, 0.5) is 11.6 Å². The van der Waals surface area contributed by atoms with E-state index in [0.29, 0.717) is 12.6 Å². The molecule has 0 aliphatic carbocycles. The van der Waals surface area contributed by atoms with E-state index in [1.54, 1.807) is 48.9 Å². The van der Waals surface area contributed by atoms with Gasteiger partial charge in [-0.1, -0.05) is 0 Å². The maximum atomic E-state index is 9.32. The second-order valence-corrected chi connectivity index (χ2v) is 5.98. The third-order valence-electron chi connectivity index (χ3n) is 3.12. The van der Waals surface area contributed by atoms with Crippen LogP contribution in [0.3, 0.4) is 0 Å². The number of ether oxygens (including phenoxy) is 1. The first-order chi connectivity index (χ1) is 11.2. The molecule has 0 saturated carbocycles. The average molecular weight is 328 g/mol. The molecule has 23 heavy (non-hydrogen) atoms. The summed E-state index contributed by atoms with van der Waals surface area (Å²) >= 11 is 1.57. The minimum atomic E-state index is 0.219. The van der Waals surface area contributed by atoms with E-state index >= 15 is 0 Å². The minimum Gasteiger partial charge on any atom is -0.508 e. The zero-order valence-electron chi connectivity index (χ0n) is 12.8. The lowest BCUT2D eigenvalue weighted by Gasteiger charge is -2.06. The molecule has 3 aromatic rings. The molecule has 6 nitrogen and oxygen atoms in total. The van der Waals surface area contributed by atoms with Gasteiger partial charge in [-0.25, -0.2) is 15.0 Å². The molecule has 0 aliphatic heterocycles. The first-order valence-electron chi connectivity index (χ1n) is 7.00. The molecule has 0 atom stereocenters. The molecule has 0 bridgehead atoms. The number of benzene rings is 1. The third-order valence-corrected chi connectivity index (χ3v) is 4.27. The smallest absolute Gasteiger partial charge is 0.227 e. The van der Waals surface area contributed by atoms with Crippen molar-refractivity contribution < 1.29 is 9.84 Å². The summed E-state index contributed by atoms with van der Waals surface area (Å²) in [6.45, 7) is 2.45. The van der Waals surface area contributed by atoms with Crippen molar-refractivity contribution in [1.82, 2.24) is 15.0 Å². The number of nitrogens with zero attached hydrogens (tertiary/aromatic N) is 3. The lowest BCUT2D eigenvalue weighted by molar-refractivity contribution is 0.184. The van der Waals surface area contributed by atoms with Gasteiger partial charge in [-0.15, -0.1) is 11.3 Å². The summed E-state index contributed by atoms with van der Waals surface area (Å²) < 4.78 is 5.13. The maximum Gasteiger partial charge on any atom is 0.227 e. The quantitative estimate of drug-likeness (QED) is 0.698. The third kappa shape index (κ3) is 3.64. The van der Waals surface area contributed by atoms with Gasteiger partial charge in [0.05, 0.1) is 22.9 Å². The lowest BCUT2D eigenvalue weighted by atomic mass is 10.3. The molecule has 0 aliphatic rings. The van der Waals surface area contributed by atoms with Gasteiger partial charge in [0, 0.05) is 19.0 Å². The summed E-state index contributed by atoms with van der Waals surface area (Å²) in [6, 6.07) is 8.60. The second kappa shape index (κ2) is 6.72. The highest BCUT2D eigenvalue weighted by Gasteiger charge is 2.12. The number of aryl methyl sites for hydroxylation is 1. The number of hydrogen-bond acceptors (Lipinski definition) is 7. The van der Waals surface area contributed by atoms with Gasteiger partial charge in [-0.3, -0.25) is 0 Å². The van der Waals surface area contributed by atoms with E-state index in [1.165, 1.54) is 0 Å². The molecule has 1 aromatic carbocycles. The van der Waals surface area contributed by atoms with Crippen LogP contribution >= 0.6 is 11.3 Å². The summed E-state index contributed by atoms with van der Waals surface area (Å²) in [5.74, 6) is 0.713. The number of phenolic OH excluding ortho intramolecular Hbond substituents is 1. The first-order valence-corrected chi connectivity index (χ1v) is 7.82. The van der Waals surface area contributed by atoms with Crippen LogP contribution in [0.5, 0.6) is 5.75 Å². The molecule has 3 rings (SSSR count). The molecule has 0 radical (unpaired) electrons. The lowest BCUT2D eigenvalue weighted by Crippen LogP contribution is -1.97. The fraction of sp³-hybridized carbons (Fsp3) is 0.188. The number of aromatic nitrogens is 3. The molecular formula is C16H16N4O2S. The van der Waals surface area contributed by atoms with E-state index < -0.39 is 0 Å². The van der Waals surface area contributed by atoms with Crippen LogP contribution in [0.2, 0.25) is 0 Å². The largest absolute Gasteiger partial charge is 0.508 e. The topological polar surface area (TPSA) is 80.2 Å². The average Bonchev–Trinajstić information content (AvgIpc) is 2.91. The molecule has 118 valence electrons. The van der Waals surface area contributed by atoms with Crippen molar-refractivity contribution >= 4 is 23.0 Å². The Labute approximate surface area is 137 Å². The van der Waals surface area contributed by atoms with E-state index in [0.717, 1.165) is 27.0 Å². The Bertz CT molecular complexity index is 802. The van der Waals surface area contributed by atoms with E-state index in [4.69, 9.17) is 4.74 Å². The summed E-state index contributed by atoms with van der Waals surface area (Å²) in [6.07, 6.45) is 1.71. The van der Waals surface area contributed by atoms with Crippen LogP contribution in [0.15, 0.2) is 36.5 Å². The van der Waals surface area contributed by atoms with Gasteiger partial charge in [0.1, 0.15) is 10.8 Å². The molecule has 2 heterocycles. The fourth-order valence-corrected chi connectivity index (χ4v) is 3.10. The summed E-state index contributed by atoms with van der Waals surface area (Å²) in [4.78, 5) is 14.3. The fourth-order valence-electron chi connectivity index (χ4n) is 2.09. The van der Waals surface area contributed by atoms with Crippen molar-refractivity contribution in [2.75, 3.05) is 12.4 Å². The molecule has 0 fully saturated rings. The Kier molecular flexibility index (Phi) is 4.50. The van der Waals surface area contributed by atoms with Crippen LogP contribution in [0, 0.1) is 6.92 Å². The number of anilines is 2. The maximum absolute atomic E-state index is 9.32. The molecule has 0 saturated heterocycles. The number of thiazole rings is 1. The Balaban J connectivity index is 1.86. The van der Waals surface area contributed by atoms with Crippen molar-refractivity contribution in [2.24, 2.45) is 0 Å². The highest BCUT2D eigenvalue weighted by molar-refractivity contribution is 7.15. The van der Waals surface area contributed by atoms with Gasteiger partial charge in [-0.05, 0) is 37.3 Å². The van der Waals surface area contributed by atoms with E-state index in [2.05, 4.69) is 20.3 Å². The monoisotopic (exact) mass is 328 g/mol. The van der Waals surface area contributed by atoms with Gasteiger partial charge >= 0.3 is 0 Å². The molecule has 7 heteroatoms. The van der Waals surface area contributed by atoms with E-state index in [9.17, 15) is 5.11 Å². The SMILES string of the molecule is COCc1nc(C)c(-c2ccnc(Nc3ccc(O)cc3)n2)s1. The van der Waals surface area contributed by atoms with Gasteiger partial charge < -0.3 is 15.2 Å².